The number of anilines is 1. The van der Waals surface area contributed by atoms with Gasteiger partial charge in [0, 0.05) is 12.2 Å². The predicted octanol–water partition coefficient (Wildman–Crippen LogP) is 1.66. The van der Waals surface area contributed by atoms with E-state index in [4.69, 9.17) is 0 Å². The van der Waals surface area contributed by atoms with Crippen molar-refractivity contribution in [2.45, 2.75) is 6.42 Å². The largest absolute Gasteiger partial charge is 0.468 e. The summed E-state index contributed by atoms with van der Waals surface area (Å²) in [5, 5.41) is 3.21. The molecule has 1 aromatic rings. The molecule has 0 fully saturated rings. The Bertz CT molecular complexity index is 236. The van der Waals surface area contributed by atoms with Crippen molar-refractivity contribution in [3.05, 3.63) is 30.3 Å². The van der Waals surface area contributed by atoms with Crippen LogP contribution in [-0.4, -0.2) is 19.6 Å². The van der Waals surface area contributed by atoms with E-state index in [9.17, 15) is 4.79 Å². The number of ether oxygens (including phenoxy) is 1. The first-order chi connectivity index (χ1) is 6.43. The Kier molecular flexibility index (Phi) is 4.46. The minimum atomic E-state index is 0.475. The summed E-state index contributed by atoms with van der Waals surface area (Å²) >= 11 is 0. The molecule has 0 radical (unpaired) electrons. The van der Waals surface area contributed by atoms with Crippen LogP contribution in [0.25, 0.3) is 0 Å². The summed E-state index contributed by atoms with van der Waals surface area (Å²) < 4.78 is 4.55. The SMILES string of the molecule is O=COCCCNc1ccccc1. The smallest absolute Gasteiger partial charge is 0.293 e. The molecule has 70 valence electrons. The van der Waals surface area contributed by atoms with E-state index >= 15 is 0 Å². The van der Waals surface area contributed by atoms with Gasteiger partial charge in [0.2, 0.25) is 0 Å². The minimum absolute atomic E-state index is 0.475. The Balaban J connectivity index is 2.10. The Morgan fingerprint density at radius 3 is 2.77 bits per heavy atom. The second-order valence-electron chi connectivity index (χ2n) is 2.61. The molecule has 3 nitrogen and oxygen atoms in total. The third-order valence-electron chi connectivity index (χ3n) is 1.61. The zero-order chi connectivity index (χ0) is 9.36. The summed E-state index contributed by atoms with van der Waals surface area (Å²) in [5.41, 5.74) is 1.09. The Morgan fingerprint density at radius 1 is 1.31 bits per heavy atom. The Hall–Kier alpha value is -1.51. The zero-order valence-electron chi connectivity index (χ0n) is 7.40. The highest BCUT2D eigenvalue weighted by Gasteiger charge is 1.89. The van der Waals surface area contributed by atoms with Gasteiger partial charge in [-0.05, 0) is 18.6 Å². The highest BCUT2D eigenvalue weighted by atomic mass is 16.5. The summed E-state index contributed by atoms with van der Waals surface area (Å²) in [4.78, 5) is 9.80. The first kappa shape index (κ1) is 9.58. The van der Waals surface area contributed by atoms with Crippen LogP contribution in [0.15, 0.2) is 30.3 Å². The number of hydrogen-bond donors (Lipinski definition) is 1. The summed E-state index contributed by atoms with van der Waals surface area (Å²) in [6.45, 7) is 1.77. The van der Waals surface area contributed by atoms with Gasteiger partial charge >= 0.3 is 0 Å². The van der Waals surface area contributed by atoms with E-state index < -0.39 is 0 Å². The summed E-state index contributed by atoms with van der Waals surface area (Å²) in [6, 6.07) is 9.93. The predicted molar refractivity (Wildman–Crippen MR) is 51.6 cm³/mol. The molecule has 13 heavy (non-hydrogen) atoms. The van der Waals surface area contributed by atoms with Gasteiger partial charge in [0.25, 0.3) is 6.47 Å². The molecule has 0 heterocycles. The van der Waals surface area contributed by atoms with E-state index in [1.165, 1.54) is 0 Å². The monoisotopic (exact) mass is 179 g/mol. The highest BCUT2D eigenvalue weighted by molar-refractivity contribution is 5.42. The van der Waals surface area contributed by atoms with Crippen LogP contribution in [0.2, 0.25) is 0 Å². The Morgan fingerprint density at radius 2 is 2.08 bits per heavy atom. The lowest BCUT2D eigenvalue weighted by Crippen LogP contribution is -2.04. The number of carbonyl (C=O) groups is 1. The maximum atomic E-state index is 9.80. The van der Waals surface area contributed by atoms with Crippen molar-refractivity contribution in [2.75, 3.05) is 18.5 Å². The molecule has 1 rings (SSSR count). The van der Waals surface area contributed by atoms with Gasteiger partial charge in [0.05, 0.1) is 6.61 Å². The number of carbonyl (C=O) groups excluding carboxylic acids is 1. The van der Waals surface area contributed by atoms with Gasteiger partial charge in [0.1, 0.15) is 0 Å². The lowest BCUT2D eigenvalue weighted by molar-refractivity contribution is -0.128. The van der Waals surface area contributed by atoms with E-state index in [-0.39, 0.29) is 0 Å². The van der Waals surface area contributed by atoms with Crippen LogP contribution in [0.3, 0.4) is 0 Å². The molecule has 0 aliphatic carbocycles. The number of nitrogens with one attached hydrogen (secondary N) is 1. The molecule has 0 atom stereocenters. The van der Waals surface area contributed by atoms with Gasteiger partial charge in [0.15, 0.2) is 0 Å². The van der Waals surface area contributed by atoms with Crippen molar-refractivity contribution in [1.29, 1.82) is 0 Å². The van der Waals surface area contributed by atoms with Crippen molar-refractivity contribution >= 4 is 12.2 Å². The molecule has 0 saturated carbocycles. The van der Waals surface area contributed by atoms with Crippen molar-refractivity contribution < 1.29 is 9.53 Å². The minimum Gasteiger partial charge on any atom is -0.468 e. The van der Waals surface area contributed by atoms with Gasteiger partial charge in [-0.15, -0.1) is 0 Å². The molecule has 0 unspecified atom stereocenters. The maximum Gasteiger partial charge on any atom is 0.293 e. The third-order valence-corrected chi connectivity index (χ3v) is 1.61. The summed E-state index contributed by atoms with van der Waals surface area (Å²) in [5.74, 6) is 0. The van der Waals surface area contributed by atoms with Gasteiger partial charge in [-0.25, -0.2) is 0 Å². The van der Waals surface area contributed by atoms with Crippen molar-refractivity contribution in [3.63, 3.8) is 0 Å². The summed E-state index contributed by atoms with van der Waals surface area (Å²) in [7, 11) is 0. The molecule has 0 aliphatic rings. The number of hydrogen-bond acceptors (Lipinski definition) is 3. The van der Waals surface area contributed by atoms with E-state index in [0.717, 1.165) is 18.7 Å². The van der Waals surface area contributed by atoms with Crippen molar-refractivity contribution in [3.8, 4) is 0 Å². The van der Waals surface area contributed by atoms with E-state index in [0.29, 0.717) is 13.1 Å². The topological polar surface area (TPSA) is 38.3 Å². The molecule has 0 aliphatic heterocycles. The van der Waals surface area contributed by atoms with Crippen LogP contribution in [0.5, 0.6) is 0 Å². The first-order valence-electron chi connectivity index (χ1n) is 4.27. The van der Waals surface area contributed by atoms with Crippen LogP contribution >= 0.6 is 0 Å². The molecule has 1 N–H and O–H groups in total. The van der Waals surface area contributed by atoms with Gasteiger partial charge in [-0.1, -0.05) is 18.2 Å². The van der Waals surface area contributed by atoms with Gasteiger partial charge < -0.3 is 10.1 Å². The second-order valence-corrected chi connectivity index (χ2v) is 2.61. The number of para-hydroxylation sites is 1. The van der Waals surface area contributed by atoms with Crippen LogP contribution in [0.4, 0.5) is 5.69 Å². The first-order valence-corrected chi connectivity index (χ1v) is 4.27. The second kappa shape index (κ2) is 6.06. The number of benzene rings is 1. The fourth-order valence-corrected chi connectivity index (χ4v) is 0.992. The standard InChI is InChI=1S/C10H13NO2/c12-9-13-8-4-7-11-10-5-2-1-3-6-10/h1-3,5-6,9,11H,4,7-8H2. The fourth-order valence-electron chi connectivity index (χ4n) is 0.992. The lowest BCUT2D eigenvalue weighted by Gasteiger charge is -2.04. The van der Waals surface area contributed by atoms with Crippen LogP contribution < -0.4 is 5.32 Å². The molecular weight excluding hydrogens is 166 g/mol. The van der Waals surface area contributed by atoms with Crippen LogP contribution in [-0.2, 0) is 9.53 Å². The quantitative estimate of drug-likeness (QED) is 0.533. The van der Waals surface area contributed by atoms with Gasteiger partial charge in [-0.3, -0.25) is 4.79 Å². The lowest BCUT2D eigenvalue weighted by atomic mass is 10.3. The highest BCUT2D eigenvalue weighted by Crippen LogP contribution is 2.04. The molecule has 0 bridgehead atoms. The summed E-state index contributed by atoms with van der Waals surface area (Å²) in [6.07, 6.45) is 0.827. The van der Waals surface area contributed by atoms with Gasteiger partial charge in [-0.2, -0.15) is 0 Å². The molecule has 0 saturated heterocycles. The van der Waals surface area contributed by atoms with Crippen LogP contribution in [0.1, 0.15) is 6.42 Å². The molecular formula is C10H13NO2. The maximum absolute atomic E-state index is 9.80. The Labute approximate surface area is 77.7 Å². The molecule has 3 heteroatoms. The van der Waals surface area contributed by atoms with E-state index in [1.54, 1.807) is 0 Å². The number of rotatable bonds is 6. The third kappa shape index (κ3) is 4.15. The molecule has 0 spiro atoms. The molecule has 0 amide bonds. The van der Waals surface area contributed by atoms with E-state index in [1.807, 2.05) is 30.3 Å². The normalized spacial score (nSPS) is 9.23. The average molecular weight is 179 g/mol. The zero-order valence-corrected chi connectivity index (χ0v) is 7.40. The van der Waals surface area contributed by atoms with E-state index in [2.05, 4.69) is 10.1 Å². The average Bonchev–Trinajstić information content (AvgIpc) is 2.19. The van der Waals surface area contributed by atoms with Crippen molar-refractivity contribution in [1.82, 2.24) is 0 Å². The molecule has 0 aromatic heterocycles. The van der Waals surface area contributed by atoms with Crippen molar-refractivity contribution in [2.24, 2.45) is 0 Å². The molecule has 1 aromatic carbocycles. The van der Waals surface area contributed by atoms with Crippen LogP contribution in [0, 0.1) is 0 Å². The fraction of sp³-hybridized carbons (Fsp3) is 0.300.